The van der Waals surface area contributed by atoms with Crippen molar-refractivity contribution in [3.8, 4) is 11.5 Å². The molecule has 0 aromatic heterocycles. The van der Waals surface area contributed by atoms with E-state index in [9.17, 15) is 0 Å². The van der Waals surface area contributed by atoms with Gasteiger partial charge < -0.3 is 4.74 Å². The fourth-order valence-electron chi connectivity index (χ4n) is 0.399. The van der Waals surface area contributed by atoms with Gasteiger partial charge in [-0.15, -0.1) is 5.54 Å². The zero-order valence-corrected chi connectivity index (χ0v) is 7.55. The predicted molar refractivity (Wildman–Crippen MR) is 43.1 cm³/mol. The van der Waals surface area contributed by atoms with Crippen LogP contribution in [0.1, 0.15) is 6.92 Å². The molecule has 2 heteroatoms. The Morgan fingerprint density at radius 1 is 1.44 bits per heavy atom. The molecular weight excluding hydrogens is 128 g/mol. The van der Waals surface area contributed by atoms with Crippen LogP contribution in [-0.4, -0.2) is 22.0 Å². The van der Waals surface area contributed by atoms with E-state index in [2.05, 4.69) is 24.6 Å². The molecular formula is C7H14OSi. The summed E-state index contributed by atoms with van der Waals surface area (Å²) in [7, 11) is -0.654. The Labute approximate surface area is 59.0 Å². The maximum Gasteiger partial charge on any atom is 0.116 e. The summed E-state index contributed by atoms with van der Waals surface area (Å²) >= 11 is 0. The highest BCUT2D eigenvalue weighted by Crippen LogP contribution is 1.74. The molecule has 0 aliphatic carbocycles. The first-order valence-electron chi connectivity index (χ1n) is 3.33. The van der Waals surface area contributed by atoms with Crippen LogP contribution in [0.3, 0.4) is 0 Å². The van der Waals surface area contributed by atoms with Gasteiger partial charge in [0.15, 0.2) is 0 Å². The highest BCUT2D eigenvalue weighted by molar-refractivity contribution is 6.64. The SMILES string of the molecule is CCOCC#C[SiH](C)C. The van der Waals surface area contributed by atoms with Gasteiger partial charge in [-0.3, -0.25) is 0 Å². The molecule has 0 atom stereocenters. The molecule has 0 aromatic carbocycles. The highest BCUT2D eigenvalue weighted by atomic mass is 28.3. The van der Waals surface area contributed by atoms with Crippen molar-refractivity contribution < 1.29 is 4.74 Å². The molecule has 0 aromatic rings. The van der Waals surface area contributed by atoms with Gasteiger partial charge in [-0.2, -0.15) is 0 Å². The second kappa shape index (κ2) is 5.87. The van der Waals surface area contributed by atoms with Gasteiger partial charge in [0.05, 0.1) is 0 Å². The van der Waals surface area contributed by atoms with Crippen LogP contribution in [0.15, 0.2) is 0 Å². The van der Waals surface area contributed by atoms with E-state index in [1.54, 1.807) is 0 Å². The van der Waals surface area contributed by atoms with Gasteiger partial charge in [0, 0.05) is 6.61 Å². The molecule has 0 spiro atoms. The lowest BCUT2D eigenvalue weighted by molar-refractivity contribution is 0.182. The second-order valence-corrected chi connectivity index (χ2v) is 4.71. The van der Waals surface area contributed by atoms with Crippen LogP contribution in [0.2, 0.25) is 13.1 Å². The molecule has 0 N–H and O–H groups in total. The summed E-state index contributed by atoms with van der Waals surface area (Å²) < 4.78 is 5.03. The fraction of sp³-hybridized carbons (Fsp3) is 0.714. The molecule has 0 unspecified atom stereocenters. The van der Waals surface area contributed by atoms with Crippen molar-refractivity contribution in [1.29, 1.82) is 0 Å². The van der Waals surface area contributed by atoms with Crippen LogP contribution in [-0.2, 0) is 4.74 Å². The van der Waals surface area contributed by atoms with Gasteiger partial charge in [0.25, 0.3) is 0 Å². The Bertz CT molecular complexity index is 110. The van der Waals surface area contributed by atoms with Gasteiger partial charge in [-0.25, -0.2) is 0 Å². The van der Waals surface area contributed by atoms with E-state index in [0.29, 0.717) is 6.61 Å². The van der Waals surface area contributed by atoms with Crippen LogP contribution in [0.4, 0.5) is 0 Å². The molecule has 52 valence electrons. The van der Waals surface area contributed by atoms with Crippen LogP contribution in [0.25, 0.3) is 0 Å². The Hall–Kier alpha value is -0.263. The molecule has 0 fully saturated rings. The first-order chi connectivity index (χ1) is 4.27. The largest absolute Gasteiger partial charge is 0.369 e. The molecule has 0 saturated heterocycles. The smallest absolute Gasteiger partial charge is 0.116 e. The lowest BCUT2D eigenvalue weighted by Gasteiger charge is -1.89. The summed E-state index contributed by atoms with van der Waals surface area (Å²) in [6.45, 7) is 7.78. The van der Waals surface area contributed by atoms with E-state index < -0.39 is 8.80 Å². The van der Waals surface area contributed by atoms with Crippen LogP contribution < -0.4 is 0 Å². The molecule has 0 aliphatic heterocycles. The van der Waals surface area contributed by atoms with Crippen molar-refractivity contribution in [2.75, 3.05) is 13.2 Å². The lowest BCUT2D eigenvalue weighted by Crippen LogP contribution is -1.96. The summed E-state index contributed by atoms with van der Waals surface area (Å²) in [6.07, 6.45) is 0. The third-order valence-electron chi connectivity index (χ3n) is 0.769. The normalized spacial score (nSPS) is 8.89. The van der Waals surface area contributed by atoms with E-state index in [-0.39, 0.29) is 0 Å². The predicted octanol–water partition coefficient (Wildman–Crippen LogP) is 1.05. The van der Waals surface area contributed by atoms with Crippen molar-refractivity contribution >= 4 is 8.80 Å². The number of hydrogen-bond acceptors (Lipinski definition) is 1. The van der Waals surface area contributed by atoms with Crippen molar-refractivity contribution in [1.82, 2.24) is 0 Å². The van der Waals surface area contributed by atoms with Crippen molar-refractivity contribution in [3.05, 3.63) is 0 Å². The molecule has 1 nitrogen and oxygen atoms in total. The molecule has 9 heavy (non-hydrogen) atoms. The van der Waals surface area contributed by atoms with Crippen LogP contribution in [0, 0.1) is 11.5 Å². The van der Waals surface area contributed by atoms with E-state index in [0.717, 1.165) is 6.61 Å². The van der Waals surface area contributed by atoms with Crippen molar-refractivity contribution in [2.45, 2.75) is 20.0 Å². The van der Waals surface area contributed by atoms with Gasteiger partial charge in [-0.05, 0) is 6.92 Å². The van der Waals surface area contributed by atoms with Gasteiger partial charge in [0.1, 0.15) is 15.4 Å². The minimum Gasteiger partial charge on any atom is -0.369 e. The van der Waals surface area contributed by atoms with E-state index in [1.165, 1.54) is 0 Å². The third kappa shape index (κ3) is 7.74. The molecule has 0 bridgehead atoms. The minimum atomic E-state index is -0.654. The molecule has 0 radical (unpaired) electrons. The molecule has 0 aliphatic rings. The Kier molecular flexibility index (Phi) is 5.69. The second-order valence-electron chi connectivity index (χ2n) is 2.11. The minimum absolute atomic E-state index is 0.613. The van der Waals surface area contributed by atoms with Crippen molar-refractivity contribution in [3.63, 3.8) is 0 Å². The van der Waals surface area contributed by atoms with Crippen LogP contribution >= 0.6 is 0 Å². The van der Waals surface area contributed by atoms with Crippen molar-refractivity contribution in [2.24, 2.45) is 0 Å². The maximum absolute atomic E-state index is 5.03. The number of hydrogen-bond donors (Lipinski definition) is 0. The highest BCUT2D eigenvalue weighted by Gasteiger charge is 1.82. The monoisotopic (exact) mass is 142 g/mol. The van der Waals surface area contributed by atoms with Gasteiger partial charge >= 0.3 is 0 Å². The Balaban J connectivity index is 3.16. The first-order valence-corrected chi connectivity index (χ1v) is 6.22. The first kappa shape index (κ1) is 8.74. The molecule has 0 heterocycles. The standard InChI is InChI=1S/C7H14OSi/c1-4-8-6-5-7-9(2)3/h9H,4,6H2,1-3H3. The Morgan fingerprint density at radius 3 is 2.56 bits per heavy atom. The zero-order valence-electron chi connectivity index (χ0n) is 6.40. The number of ether oxygens (including phenoxy) is 1. The topological polar surface area (TPSA) is 9.23 Å². The van der Waals surface area contributed by atoms with Crippen LogP contribution in [0.5, 0.6) is 0 Å². The number of rotatable bonds is 2. The van der Waals surface area contributed by atoms with E-state index in [4.69, 9.17) is 4.74 Å². The third-order valence-corrected chi connectivity index (χ3v) is 1.55. The molecule has 0 rings (SSSR count). The van der Waals surface area contributed by atoms with Gasteiger partial charge in [-0.1, -0.05) is 19.0 Å². The fourth-order valence-corrected chi connectivity index (χ4v) is 0.890. The average molecular weight is 142 g/mol. The Morgan fingerprint density at radius 2 is 2.11 bits per heavy atom. The maximum atomic E-state index is 5.03. The molecule has 0 amide bonds. The van der Waals surface area contributed by atoms with Gasteiger partial charge in [0.2, 0.25) is 0 Å². The quantitative estimate of drug-likeness (QED) is 0.318. The van der Waals surface area contributed by atoms with E-state index in [1.807, 2.05) is 6.92 Å². The summed E-state index contributed by atoms with van der Waals surface area (Å²) in [6, 6.07) is 0. The van der Waals surface area contributed by atoms with E-state index >= 15 is 0 Å². The summed E-state index contributed by atoms with van der Waals surface area (Å²) in [4.78, 5) is 0. The summed E-state index contributed by atoms with van der Waals surface area (Å²) in [5.41, 5.74) is 3.14. The lowest BCUT2D eigenvalue weighted by atomic mass is 10.7. The molecule has 0 saturated carbocycles. The summed E-state index contributed by atoms with van der Waals surface area (Å²) in [5, 5.41) is 0. The average Bonchev–Trinajstić information content (AvgIpc) is 1.80. The summed E-state index contributed by atoms with van der Waals surface area (Å²) in [5.74, 6) is 2.98. The zero-order chi connectivity index (χ0) is 7.11.